The molecule has 1 N–H and O–H groups in total. The number of fused-ring (bicyclic) bond motifs is 1. The van der Waals surface area contributed by atoms with Gasteiger partial charge in [-0.3, -0.25) is 14.5 Å². The Morgan fingerprint density at radius 3 is 2.81 bits per heavy atom. The molecule has 7 nitrogen and oxygen atoms in total. The third kappa shape index (κ3) is 2.10. The van der Waals surface area contributed by atoms with Crippen LogP contribution in [0.1, 0.15) is 10.4 Å². The number of carboxylic acid groups (broad SMARTS) is 1. The summed E-state index contributed by atoms with van der Waals surface area (Å²) in [4.78, 5) is 25.7. The van der Waals surface area contributed by atoms with Gasteiger partial charge in [0.15, 0.2) is 0 Å². The average Bonchev–Trinajstić information content (AvgIpc) is 2.94. The molecule has 0 unspecified atom stereocenters. The Hall–Kier alpha value is -3.22. The average molecular weight is 283 g/mol. The number of pyridine rings is 1. The Bertz CT molecular complexity index is 870. The van der Waals surface area contributed by atoms with Crippen LogP contribution in [0.3, 0.4) is 0 Å². The van der Waals surface area contributed by atoms with Crippen LogP contribution in [-0.2, 0) is 0 Å². The van der Waals surface area contributed by atoms with Crippen LogP contribution in [0.15, 0.2) is 48.8 Å². The molecule has 0 aliphatic rings. The second kappa shape index (κ2) is 4.71. The molecule has 2 aromatic heterocycles. The summed E-state index contributed by atoms with van der Waals surface area (Å²) in [7, 11) is 0. The Kier molecular flexibility index (Phi) is 2.87. The molecule has 0 bridgehead atoms. The number of imidazole rings is 1. The molecule has 3 aromatic rings. The molecule has 0 fully saturated rings. The third-order valence-electron chi connectivity index (χ3n) is 3.15. The number of nitrogens with zero attached hydrogens (tertiary/aromatic N) is 3. The van der Waals surface area contributed by atoms with Crippen molar-refractivity contribution < 1.29 is 14.8 Å². The van der Waals surface area contributed by atoms with Crippen LogP contribution in [0, 0.1) is 10.1 Å². The van der Waals surface area contributed by atoms with Crippen LogP contribution in [0.5, 0.6) is 0 Å². The number of aromatic nitrogens is 2. The first-order chi connectivity index (χ1) is 10.1. The smallest absolute Gasteiger partial charge is 0.335 e. The third-order valence-corrected chi connectivity index (χ3v) is 3.15. The van der Waals surface area contributed by atoms with Gasteiger partial charge in [-0.25, -0.2) is 9.78 Å². The zero-order valence-corrected chi connectivity index (χ0v) is 10.6. The maximum absolute atomic E-state index is 11.2. The van der Waals surface area contributed by atoms with Crippen molar-refractivity contribution in [1.29, 1.82) is 0 Å². The Morgan fingerprint density at radius 2 is 2.10 bits per heavy atom. The lowest BCUT2D eigenvalue weighted by Crippen LogP contribution is -2.01. The van der Waals surface area contributed by atoms with Gasteiger partial charge in [-0.15, -0.1) is 0 Å². The lowest BCUT2D eigenvalue weighted by molar-refractivity contribution is -0.384. The number of nitro groups is 1. The van der Waals surface area contributed by atoms with Crippen molar-refractivity contribution in [1.82, 2.24) is 9.38 Å². The van der Waals surface area contributed by atoms with E-state index in [1.54, 1.807) is 35.0 Å². The molecule has 0 saturated heterocycles. The fourth-order valence-corrected chi connectivity index (χ4v) is 2.20. The van der Waals surface area contributed by atoms with Gasteiger partial charge in [0, 0.05) is 18.5 Å². The van der Waals surface area contributed by atoms with Gasteiger partial charge in [-0.1, -0.05) is 6.07 Å². The van der Waals surface area contributed by atoms with E-state index in [0.29, 0.717) is 16.9 Å². The Balaban J connectivity index is 2.29. The van der Waals surface area contributed by atoms with Gasteiger partial charge in [-0.2, -0.15) is 0 Å². The van der Waals surface area contributed by atoms with Crippen molar-refractivity contribution >= 4 is 17.3 Å². The molecule has 0 aliphatic carbocycles. The highest BCUT2D eigenvalue weighted by Crippen LogP contribution is 2.31. The van der Waals surface area contributed by atoms with Gasteiger partial charge in [0.05, 0.1) is 21.7 Å². The van der Waals surface area contributed by atoms with E-state index in [2.05, 4.69) is 4.98 Å². The first-order valence-electron chi connectivity index (χ1n) is 6.02. The van der Waals surface area contributed by atoms with Crippen LogP contribution < -0.4 is 0 Å². The molecule has 0 aliphatic heterocycles. The molecule has 0 saturated carbocycles. The number of rotatable bonds is 3. The van der Waals surface area contributed by atoms with Crippen molar-refractivity contribution in [2.24, 2.45) is 0 Å². The van der Waals surface area contributed by atoms with Crippen LogP contribution in [0.4, 0.5) is 5.69 Å². The van der Waals surface area contributed by atoms with E-state index in [9.17, 15) is 14.9 Å². The lowest BCUT2D eigenvalue weighted by atomic mass is 10.1. The number of nitro benzene ring substituents is 1. The summed E-state index contributed by atoms with van der Waals surface area (Å²) in [6.07, 6.45) is 3.29. The van der Waals surface area contributed by atoms with E-state index >= 15 is 0 Å². The second-order valence-corrected chi connectivity index (χ2v) is 4.36. The summed E-state index contributed by atoms with van der Waals surface area (Å²) >= 11 is 0. The fraction of sp³-hybridized carbons (Fsp3) is 0. The topological polar surface area (TPSA) is 97.7 Å². The predicted octanol–water partition coefficient (Wildman–Crippen LogP) is 2.61. The summed E-state index contributed by atoms with van der Waals surface area (Å²) in [5.74, 6) is -1.20. The quantitative estimate of drug-likeness (QED) is 0.588. The number of carbonyl (C=O) groups is 1. The normalized spacial score (nSPS) is 10.7. The number of aromatic carboxylic acids is 1. The Morgan fingerprint density at radius 1 is 1.29 bits per heavy atom. The minimum Gasteiger partial charge on any atom is -0.478 e. The molecule has 1 aromatic carbocycles. The SMILES string of the molecule is O=C(O)c1ccc(-c2cccc3nccn23)c([N+](=O)[O-])c1. The fourth-order valence-electron chi connectivity index (χ4n) is 2.20. The predicted molar refractivity (Wildman–Crippen MR) is 74.2 cm³/mol. The van der Waals surface area contributed by atoms with Gasteiger partial charge in [-0.05, 0) is 24.3 Å². The van der Waals surface area contributed by atoms with Crippen LogP contribution >= 0.6 is 0 Å². The van der Waals surface area contributed by atoms with E-state index in [0.717, 1.165) is 6.07 Å². The van der Waals surface area contributed by atoms with Gasteiger partial charge in [0.25, 0.3) is 5.69 Å². The highest BCUT2D eigenvalue weighted by Gasteiger charge is 2.20. The summed E-state index contributed by atoms with van der Waals surface area (Å²) in [6, 6.07) is 9.09. The minimum atomic E-state index is -1.20. The molecule has 21 heavy (non-hydrogen) atoms. The number of hydrogen-bond acceptors (Lipinski definition) is 4. The minimum absolute atomic E-state index is 0.122. The van der Waals surface area contributed by atoms with Crippen LogP contribution in [-0.4, -0.2) is 25.4 Å². The number of carboxylic acids is 1. The Labute approximate surface area is 118 Å². The summed E-state index contributed by atoms with van der Waals surface area (Å²) < 4.78 is 1.71. The van der Waals surface area contributed by atoms with Gasteiger partial charge in [0.1, 0.15) is 5.65 Å². The molecule has 104 valence electrons. The molecule has 0 radical (unpaired) electrons. The maximum Gasteiger partial charge on any atom is 0.335 e. The van der Waals surface area contributed by atoms with E-state index in [1.807, 2.05) is 0 Å². The largest absolute Gasteiger partial charge is 0.478 e. The van der Waals surface area contributed by atoms with E-state index in [4.69, 9.17) is 5.11 Å². The monoisotopic (exact) mass is 283 g/mol. The number of benzene rings is 1. The molecular weight excluding hydrogens is 274 g/mol. The van der Waals surface area contributed by atoms with Crippen molar-refractivity contribution in [2.45, 2.75) is 0 Å². The van der Waals surface area contributed by atoms with Crippen molar-refractivity contribution in [3.8, 4) is 11.3 Å². The molecule has 0 spiro atoms. The molecule has 0 amide bonds. The van der Waals surface area contributed by atoms with Crippen molar-refractivity contribution in [3.63, 3.8) is 0 Å². The van der Waals surface area contributed by atoms with E-state index < -0.39 is 10.9 Å². The summed E-state index contributed by atoms with van der Waals surface area (Å²) in [5, 5.41) is 20.2. The standard InChI is InChI=1S/C14H9N3O4/c18-14(19)9-4-5-10(12(8-9)17(20)21)11-2-1-3-13-15-6-7-16(11)13/h1-8H,(H,18,19). The zero-order chi connectivity index (χ0) is 15.0. The first-order valence-corrected chi connectivity index (χ1v) is 6.02. The molecular formula is C14H9N3O4. The molecule has 7 heteroatoms. The zero-order valence-electron chi connectivity index (χ0n) is 10.6. The van der Waals surface area contributed by atoms with Crippen molar-refractivity contribution in [3.05, 3.63) is 64.5 Å². The first kappa shape index (κ1) is 12.8. The van der Waals surface area contributed by atoms with Gasteiger partial charge < -0.3 is 5.11 Å². The van der Waals surface area contributed by atoms with Crippen LogP contribution in [0.25, 0.3) is 16.9 Å². The van der Waals surface area contributed by atoms with E-state index in [1.165, 1.54) is 12.1 Å². The molecule has 3 rings (SSSR count). The summed E-state index contributed by atoms with van der Waals surface area (Å²) in [5.41, 5.74) is 1.20. The van der Waals surface area contributed by atoms with E-state index in [-0.39, 0.29) is 11.3 Å². The highest BCUT2D eigenvalue weighted by atomic mass is 16.6. The molecule has 2 heterocycles. The highest BCUT2D eigenvalue weighted by molar-refractivity contribution is 5.90. The van der Waals surface area contributed by atoms with Crippen LogP contribution in [0.2, 0.25) is 0 Å². The molecule has 0 atom stereocenters. The number of hydrogen-bond donors (Lipinski definition) is 1. The summed E-state index contributed by atoms with van der Waals surface area (Å²) in [6.45, 7) is 0. The maximum atomic E-state index is 11.2. The van der Waals surface area contributed by atoms with Gasteiger partial charge >= 0.3 is 5.97 Å². The lowest BCUT2D eigenvalue weighted by Gasteiger charge is -2.07. The van der Waals surface area contributed by atoms with Crippen molar-refractivity contribution in [2.75, 3.05) is 0 Å². The van der Waals surface area contributed by atoms with Gasteiger partial charge in [0.2, 0.25) is 0 Å². The second-order valence-electron chi connectivity index (χ2n) is 4.36.